The van der Waals surface area contributed by atoms with Crippen LogP contribution in [-0.4, -0.2) is 37.0 Å². The minimum absolute atomic E-state index is 0.00950. The fourth-order valence-corrected chi connectivity index (χ4v) is 5.05. The van der Waals surface area contributed by atoms with Gasteiger partial charge in [-0.05, 0) is 86.4 Å². The first kappa shape index (κ1) is 22.8. The van der Waals surface area contributed by atoms with Crippen LogP contribution in [0.4, 0.5) is 5.69 Å². The lowest BCUT2D eigenvalue weighted by Crippen LogP contribution is -2.33. The average Bonchev–Trinajstić information content (AvgIpc) is 2.80. The minimum Gasteiger partial charge on any atom is -0.372 e. The molecule has 2 aromatic rings. The van der Waals surface area contributed by atoms with Crippen LogP contribution in [0.15, 0.2) is 48.5 Å². The first-order chi connectivity index (χ1) is 15.5. The van der Waals surface area contributed by atoms with E-state index in [9.17, 15) is 4.79 Å². The summed E-state index contributed by atoms with van der Waals surface area (Å²) in [4.78, 5) is 17.8. The number of nitrogens with one attached hydrogen (secondary N) is 1. The fourth-order valence-electron chi connectivity index (χ4n) is 5.05. The van der Waals surface area contributed by atoms with Crippen LogP contribution in [0.3, 0.4) is 0 Å². The molecule has 0 spiro atoms. The van der Waals surface area contributed by atoms with E-state index in [-0.39, 0.29) is 11.9 Å². The highest BCUT2D eigenvalue weighted by Crippen LogP contribution is 2.25. The van der Waals surface area contributed by atoms with Gasteiger partial charge >= 0.3 is 0 Å². The molecule has 2 saturated heterocycles. The van der Waals surface area contributed by atoms with Crippen molar-refractivity contribution >= 4 is 11.6 Å². The number of carbonyl (C=O) groups is 1. The predicted molar refractivity (Wildman–Crippen MR) is 133 cm³/mol. The van der Waals surface area contributed by atoms with Crippen molar-refractivity contribution in [3.05, 3.63) is 65.2 Å². The monoisotopic (exact) mass is 433 g/mol. The highest BCUT2D eigenvalue weighted by Gasteiger charge is 2.18. The number of hydrogen-bond donors (Lipinski definition) is 1. The van der Waals surface area contributed by atoms with Crippen LogP contribution in [-0.2, 0) is 6.54 Å². The van der Waals surface area contributed by atoms with Crippen LogP contribution in [0, 0.1) is 11.8 Å². The summed E-state index contributed by atoms with van der Waals surface area (Å²) in [5.41, 5.74) is 4.44. The number of carbonyl (C=O) groups excluding carboxylic acids is 1. The molecule has 4 heteroatoms. The van der Waals surface area contributed by atoms with Crippen molar-refractivity contribution in [2.75, 3.05) is 31.1 Å². The second-order valence-corrected chi connectivity index (χ2v) is 10.1. The zero-order chi connectivity index (χ0) is 22.5. The Kier molecular flexibility index (Phi) is 7.51. The van der Waals surface area contributed by atoms with E-state index in [0.717, 1.165) is 42.6 Å². The van der Waals surface area contributed by atoms with Crippen molar-refractivity contribution in [1.82, 2.24) is 10.2 Å². The van der Waals surface area contributed by atoms with Gasteiger partial charge in [-0.3, -0.25) is 9.69 Å². The Morgan fingerprint density at radius 3 is 2.28 bits per heavy atom. The molecule has 2 aliphatic heterocycles. The third kappa shape index (κ3) is 5.92. The molecule has 0 saturated carbocycles. The second kappa shape index (κ2) is 10.5. The summed E-state index contributed by atoms with van der Waals surface area (Å²) >= 11 is 0. The molecule has 1 amide bonds. The summed E-state index contributed by atoms with van der Waals surface area (Å²) in [6, 6.07) is 16.8. The van der Waals surface area contributed by atoms with Gasteiger partial charge in [0.25, 0.3) is 5.91 Å². The van der Waals surface area contributed by atoms with Crippen LogP contribution >= 0.6 is 0 Å². The van der Waals surface area contributed by atoms with Gasteiger partial charge < -0.3 is 10.2 Å². The summed E-state index contributed by atoms with van der Waals surface area (Å²) in [6.07, 6.45) is 5.17. The normalized spacial score (nSPS) is 21.3. The maximum atomic E-state index is 12.8. The summed E-state index contributed by atoms with van der Waals surface area (Å²) in [6.45, 7) is 12.3. The Morgan fingerprint density at radius 1 is 0.938 bits per heavy atom. The molecule has 2 aliphatic rings. The number of anilines is 1. The number of likely N-dealkylation sites (tertiary alicyclic amines) is 1. The highest BCUT2D eigenvalue weighted by atomic mass is 16.1. The van der Waals surface area contributed by atoms with Crippen molar-refractivity contribution in [1.29, 1.82) is 0 Å². The summed E-state index contributed by atoms with van der Waals surface area (Å²) in [5.74, 6) is 1.61. The lowest BCUT2D eigenvalue weighted by atomic mass is 9.98. The Bertz CT molecular complexity index is 869. The fraction of sp³-hybridized carbons (Fsp3) is 0.536. The van der Waals surface area contributed by atoms with Crippen molar-refractivity contribution in [3.63, 3.8) is 0 Å². The van der Waals surface area contributed by atoms with Gasteiger partial charge in [-0.25, -0.2) is 0 Å². The molecule has 1 N–H and O–H groups in total. The standard InChI is InChI=1S/C28H39N3O/c1-21-14-17-31(18-15-21)27-12-10-25(11-13-27)23(3)29-28(32)26-8-6-24(7-9-26)20-30-16-4-5-22(2)19-30/h6-13,21-23H,4-5,14-20H2,1-3H3,(H,29,32). The van der Waals surface area contributed by atoms with Gasteiger partial charge in [-0.1, -0.05) is 38.1 Å². The zero-order valence-electron chi connectivity index (χ0n) is 20.0. The van der Waals surface area contributed by atoms with Crippen LogP contribution in [0.1, 0.15) is 74.0 Å². The Hall–Kier alpha value is -2.33. The number of amides is 1. The molecule has 4 nitrogen and oxygen atoms in total. The van der Waals surface area contributed by atoms with Gasteiger partial charge in [0.15, 0.2) is 0 Å². The van der Waals surface area contributed by atoms with Crippen molar-refractivity contribution in [2.45, 2.75) is 59.0 Å². The summed E-state index contributed by atoms with van der Waals surface area (Å²) < 4.78 is 0. The molecule has 0 aromatic heterocycles. The van der Waals surface area contributed by atoms with E-state index in [4.69, 9.17) is 0 Å². The molecule has 4 rings (SSSR count). The van der Waals surface area contributed by atoms with Crippen LogP contribution in [0.5, 0.6) is 0 Å². The lowest BCUT2D eigenvalue weighted by Gasteiger charge is -2.32. The third-order valence-corrected chi connectivity index (χ3v) is 7.25. The van der Waals surface area contributed by atoms with Gasteiger partial charge in [0, 0.05) is 37.4 Å². The number of nitrogens with zero attached hydrogens (tertiary/aromatic N) is 2. The van der Waals surface area contributed by atoms with Gasteiger partial charge in [-0.15, -0.1) is 0 Å². The second-order valence-electron chi connectivity index (χ2n) is 10.1. The van der Waals surface area contributed by atoms with Crippen LogP contribution in [0.25, 0.3) is 0 Å². The third-order valence-electron chi connectivity index (χ3n) is 7.25. The number of rotatable bonds is 6. The molecule has 32 heavy (non-hydrogen) atoms. The van der Waals surface area contributed by atoms with E-state index >= 15 is 0 Å². The van der Waals surface area contributed by atoms with Gasteiger partial charge in [-0.2, -0.15) is 0 Å². The van der Waals surface area contributed by atoms with Crippen LogP contribution < -0.4 is 10.2 Å². The Balaban J connectivity index is 1.30. The zero-order valence-corrected chi connectivity index (χ0v) is 20.0. The molecule has 2 heterocycles. The Morgan fingerprint density at radius 2 is 1.62 bits per heavy atom. The smallest absolute Gasteiger partial charge is 0.251 e. The SMILES string of the molecule is CC1CCN(c2ccc(C(C)NC(=O)c3ccc(CN4CCCC(C)C4)cc3)cc2)CC1. The first-order valence-corrected chi connectivity index (χ1v) is 12.4. The van der Waals surface area contributed by atoms with Crippen molar-refractivity contribution < 1.29 is 4.79 Å². The Labute approximate surface area is 194 Å². The summed E-state index contributed by atoms with van der Waals surface area (Å²) in [5, 5.41) is 3.16. The minimum atomic E-state index is -0.0209. The van der Waals surface area contributed by atoms with E-state index in [0.29, 0.717) is 0 Å². The van der Waals surface area contributed by atoms with Crippen LogP contribution in [0.2, 0.25) is 0 Å². The summed E-state index contributed by atoms with van der Waals surface area (Å²) in [7, 11) is 0. The van der Waals surface area contributed by atoms with E-state index < -0.39 is 0 Å². The average molecular weight is 434 g/mol. The number of benzene rings is 2. The lowest BCUT2D eigenvalue weighted by molar-refractivity contribution is 0.0940. The van der Waals surface area contributed by atoms with Gasteiger partial charge in [0.1, 0.15) is 0 Å². The molecule has 2 fully saturated rings. The van der Waals surface area contributed by atoms with E-state index in [2.05, 4.69) is 72.3 Å². The number of piperidine rings is 2. The molecule has 0 radical (unpaired) electrons. The molecule has 2 atom stereocenters. The van der Waals surface area contributed by atoms with Crippen molar-refractivity contribution in [3.8, 4) is 0 Å². The van der Waals surface area contributed by atoms with Gasteiger partial charge in [0.05, 0.1) is 6.04 Å². The predicted octanol–water partition coefficient (Wildman–Crippen LogP) is 5.65. The molecular weight excluding hydrogens is 394 g/mol. The first-order valence-electron chi connectivity index (χ1n) is 12.4. The molecular formula is C28H39N3O. The molecule has 0 bridgehead atoms. The van der Waals surface area contributed by atoms with E-state index in [1.54, 1.807) is 0 Å². The quantitative estimate of drug-likeness (QED) is 0.640. The largest absolute Gasteiger partial charge is 0.372 e. The van der Waals surface area contributed by atoms with E-state index in [1.807, 2.05) is 12.1 Å². The molecule has 172 valence electrons. The highest BCUT2D eigenvalue weighted by molar-refractivity contribution is 5.94. The van der Waals surface area contributed by atoms with Gasteiger partial charge in [0.2, 0.25) is 0 Å². The van der Waals surface area contributed by atoms with Crippen molar-refractivity contribution in [2.24, 2.45) is 11.8 Å². The maximum absolute atomic E-state index is 12.8. The maximum Gasteiger partial charge on any atom is 0.251 e. The van der Waals surface area contributed by atoms with E-state index in [1.165, 1.54) is 50.0 Å². The molecule has 2 unspecified atom stereocenters. The topological polar surface area (TPSA) is 35.6 Å². The number of hydrogen-bond acceptors (Lipinski definition) is 3. The molecule has 0 aliphatic carbocycles. The molecule has 2 aromatic carbocycles.